The highest BCUT2D eigenvalue weighted by atomic mass is 16.5. The van der Waals surface area contributed by atoms with Crippen molar-refractivity contribution in [2.45, 2.75) is 190 Å². The van der Waals surface area contributed by atoms with E-state index >= 15 is 0 Å². The number of rotatable bonds is 25. The largest absolute Gasteiger partial charge is 0.466 e. The zero-order valence-electron chi connectivity index (χ0n) is 109. The van der Waals surface area contributed by atoms with Crippen LogP contribution in [0.5, 0.6) is 0 Å². The fourth-order valence-corrected chi connectivity index (χ4v) is 12.6. The smallest absolute Gasteiger partial charge is 0.306 e. The van der Waals surface area contributed by atoms with Gasteiger partial charge in [0.2, 0.25) is 0 Å². The molecule has 15 nitrogen and oxygen atoms in total. The van der Waals surface area contributed by atoms with Crippen molar-refractivity contribution in [1.82, 2.24) is 24.5 Å². The molecule has 15 heteroatoms. The zero-order chi connectivity index (χ0) is 117. The summed E-state index contributed by atoms with van der Waals surface area (Å²) < 4.78 is 409. The van der Waals surface area contributed by atoms with Crippen molar-refractivity contribution in [2.24, 2.45) is 27.1 Å². The van der Waals surface area contributed by atoms with E-state index in [1.807, 2.05) is 14.1 Å². The topological polar surface area (TPSA) is 148 Å². The Morgan fingerprint density at radius 1 is 0.385 bits per heavy atom. The van der Waals surface area contributed by atoms with E-state index in [-0.39, 0.29) is 176 Å². The van der Waals surface area contributed by atoms with Crippen LogP contribution in [-0.2, 0) is 79.8 Å². The van der Waals surface area contributed by atoms with Crippen molar-refractivity contribution in [3.63, 3.8) is 0 Å². The summed E-state index contributed by atoms with van der Waals surface area (Å²) in [6.07, 6.45) is -13.9. The Kier molecular flexibility index (Phi) is 16.8. The Morgan fingerprint density at radius 3 is 0.971 bits per heavy atom. The molecule has 0 atom stereocenters. The molecule has 0 amide bonds. The third-order valence-corrected chi connectivity index (χ3v) is 18.0. The van der Waals surface area contributed by atoms with Crippen LogP contribution in [0.4, 0.5) is 0 Å². The van der Waals surface area contributed by atoms with Crippen molar-refractivity contribution < 1.29 is 113 Å². The van der Waals surface area contributed by atoms with Crippen LogP contribution in [-0.4, -0.2) is 188 Å². The molecule has 5 heterocycles. The molecule has 10 rings (SSSR count). The van der Waals surface area contributed by atoms with E-state index in [9.17, 15) is 24.0 Å². The number of esters is 5. The fraction of sp³-hybridized carbons (Fsp3) is 0.607. The molecular weight excluding hydrogens is 1300 g/mol. The van der Waals surface area contributed by atoms with Crippen molar-refractivity contribution in [3.05, 3.63) is 177 Å². The van der Waals surface area contributed by atoms with Crippen LogP contribution in [0.1, 0.15) is 246 Å². The van der Waals surface area contributed by atoms with E-state index in [0.717, 1.165) is 33.0 Å². The van der Waals surface area contributed by atoms with Crippen LogP contribution in [0.2, 0.25) is 0 Å². The minimum atomic E-state index is -3.74. The lowest BCUT2D eigenvalue weighted by molar-refractivity contribution is -0.147. The van der Waals surface area contributed by atoms with Gasteiger partial charge in [-0.15, -0.1) is 0 Å². The lowest BCUT2D eigenvalue weighted by atomic mass is 9.71. The number of hydrogen-bond donors (Lipinski definition) is 0. The summed E-state index contributed by atoms with van der Waals surface area (Å²) in [6, 6.07) is 3.85. The number of benzene rings is 5. The van der Waals surface area contributed by atoms with Crippen molar-refractivity contribution in [3.8, 4) is 0 Å². The molecule has 574 valence electrons. The molecule has 0 radical (unpaired) electrons. The standard InChI is InChI=1S/4C18H27NO2.C17H25NO2/c4*1-4-21-17(20)14-18(8-10-19(3)11-9-18)13-16-7-5-6-15(2)12-16;1-3-20-16(19)14-17(9-11-18(2)12-10-17)13-15-7-5-4-6-8-15/h4*5-7,12H,4,8-11,13-14H2,1-3H3;4-8H,3,9-14H2,1-2H3/i5D,6D,7D,8D2,9D2,10D2,11D2,12D;1D3,4D2,5D,6D,7D,12D;3D3,5D,6D,7D,12D;5D,6D,7D,12D;1D3,2D3,3D2,9D2,10D2,11D2,12D2. The van der Waals surface area contributed by atoms with Gasteiger partial charge < -0.3 is 48.2 Å². The van der Waals surface area contributed by atoms with Crippen LogP contribution in [0.15, 0.2) is 127 Å². The van der Waals surface area contributed by atoms with Gasteiger partial charge in [-0.05, 0) is 314 Å². The van der Waals surface area contributed by atoms with E-state index in [1.165, 1.54) is 43.0 Å². The highest BCUT2D eigenvalue weighted by Gasteiger charge is 2.41. The molecule has 104 heavy (non-hydrogen) atoms. The minimum Gasteiger partial charge on any atom is -0.466 e. The van der Waals surface area contributed by atoms with Crippen LogP contribution < -0.4 is 0 Å². The lowest BCUT2D eigenvalue weighted by Crippen LogP contribution is -2.40. The summed E-state index contributed by atoms with van der Waals surface area (Å²) in [5.74, 6) is -4.50. The second kappa shape index (κ2) is 43.8. The molecule has 0 unspecified atom stereocenters. The SMILES string of the molecule is [2H]C([2H])([2H])N1C([2H])([2H])C([2H])([2H])C(CC(=O)OC([2H])([2H])C([2H])([2H])[2H])(Cc2ccccc2)C([2H])([2H])C1([2H])[2H].[2H]c1c([2H])c(C)c([2H])c(CC2(CC(=O)OC([2H])([2H])C([2H])([2H])[2H])CCN(C)CC2)c1[2H].[2H]c1c([2H])c(C)c([2H])c(CC2(CC(=O)OCC)C([2H])([2H])C([2H])([2H])N(C)C([2H])([2H])C2([2H])[2H])c1[2H].[2H]c1c([2H])c(C)c([2H])c(CC2(CC(=O)OCC)CCN(C([2H])([2H])[2H])CC2)c1[2H].[2H]c1c([2H])c(C)c([2H])c(CC2(CC(=O)OCC)CCN(C)CC2)c1[2H]. The summed E-state index contributed by atoms with van der Waals surface area (Å²) in [5.41, 5.74) is -5.73. The third-order valence-electron chi connectivity index (χ3n) is 18.0. The minimum absolute atomic E-state index is 0.00880. The van der Waals surface area contributed by atoms with Gasteiger partial charge in [0.05, 0.1) is 92.5 Å². The van der Waals surface area contributed by atoms with E-state index in [0.29, 0.717) is 79.0 Å². The highest BCUT2D eigenvalue weighted by molar-refractivity contribution is 5.72. The molecule has 5 aliphatic rings. The van der Waals surface area contributed by atoms with E-state index < -0.39 is 187 Å². The van der Waals surface area contributed by atoms with Crippen molar-refractivity contribution in [2.75, 3.05) is 133 Å². The molecule has 0 spiro atoms. The first kappa shape index (κ1) is 39.9. The molecule has 5 saturated heterocycles. The monoisotopic (exact) mass is 1480 g/mol. The number of likely N-dealkylation sites (tertiary alicyclic amines) is 5. The molecular formula is C89H133N5O10. The van der Waals surface area contributed by atoms with Gasteiger partial charge in [0.1, 0.15) is 0 Å². The third kappa shape index (κ3) is 30.6. The van der Waals surface area contributed by atoms with Crippen LogP contribution in [0, 0.1) is 54.8 Å². The van der Waals surface area contributed by atoms with E-state index in [4.69, 9.17) is 80.0 Å². The van der Waals surface area contributed by atoms with Gasteiger partial charge in [-0.1, -0.05) is 149 Å². The number of carbonyl (C=O) groups is 5. The Balaban J connectivity index is 0.000000291. The first-order valence-electron chi connectivity index (χ1n) is 58.6. The summed E-state index contributed by atoms with van der Waals surface area (Å²) in [4.78, 5) is 67.8. The quantitative estimate of drug-likeness (QED) is 0.0403. The number of nitrogens with zero attached hydrogens (tertiary/aromatic N) is 5. The number of hydrogen-bond acceptors (Lipinski definition) is 15. The average Bonchev–Trinajstić information content (AvgIpc) is 0.661. The van der Waals surface area contributed by atoms with Gasteiger partial charge in [0, 0.05) is 38.4 Å². The van der Waals surface area contributed by atoms with Gasteiger partial charge in [-0.2, -0.15) is 0 Å². The van der Waals surface area contributed by atoms with Crippen LogP contribution >= 0.6 is 0 Å². The maximum Gasteiger partial charge on any atom is 0.306 e. The summed E-state index contributed by atoms with van der Waals surface area (Å²) >= 11 is 0. The molecule has 0 bridgehead atoms. The van der Waals surface area contributed by atoms with Gasteiger partial charge in [0.15, 0.2) is 0 Å². The average molecular weight is 1480 g/mol. The number of ether oxygens (including phenoxy) is 5. The molecule has 5 aromatic rings. The first-order chi connectivity index (χ1) is 68.8. The molecule has 0 saturated carbocycles. The van der Waals surface area contributed by atoms with E-state index in [1.54, 1.807) is 40.7 Å². The second-order valence-electron chi connectivity index (χ2n) is 26.8. The van der Waals surface area contributed by atoms with Crippen molar-refractivity contribution in [1.29, 1.82) is 0 Å². The Labute approximate surface area is 695 Å². The Bertz CT molecular complexity index is 5560. The predicted octanol–water partition coefficient (Wildman–Crippen LogP) is 15.7. The Hall–Kier alpha value is -6.75. The number of piperidine rings is 5. The zero-order valence-corrected chi connectivity index (χ0v) is 61.4. The maximum absolute atomic E-state index is 12.8. The van der Waals surface area contributed by atoms with Crippen LogP contribution in [0.3, 0.4) is 0 Å². The lowest BCUT2D eigenvalue weighted by Gasteiger charge is -2.40. The van der Waals surface area contributed by atoms with Gasteiger partial charge in [-0.25, -0.2) is 0 Å². The fourth-order valence-electron chi connectivity index (χ4n) is 12.6. The van der Waals surface area contributed by atoms with Crippen LogP contribution in [0.25, 0.3) is 0 Å². The summed E-state index contributed by atoms with van der Waals surface area (Å²) in [6.45, 7) is -17.9. The summed E-state index contributed by atoms with van der Waals surface area (Å²) in [5, 5.41) is 0. The number of carbonyl (C=O) groups excluding carboxylic acids is 5. The maximum atomic E-state index is 12.8. The molecule has 5 fully saturated rings. The Morgan fingerprint density at radius 2 is 0.663 bits per heavy atom. The van der Waals surface area contributed by atoms with Gasteiger partial charge in [-0.3, -0.25) is 24.0 Å². The molecule has 0 N–H and O–H groups in total. The first-order valence-corrected chi connectivity index (χ1v) is 34.6. The summed E-state index contributed by atoms with van der Waals surface area (Å²) in [7, 11) is 4.86. The van der Waals surface area contributed by atoms with Crippen molar-refractivity contribution >= 4 is 29.8 Å². The predicted molar refractivity (Wildman–Crippen MR) is 422 cm³/mol. The molecule has 5 aromatic carbocycles. The molecule has 5 aliphatic heterocycles. The molecule has 0 aliphatic carbocycles. The molecule has 0 aromatic heterocycles. The van der Waals surface area contributed by atoms with Gasteiger partial charge >= 0.3 is 29.8 Å². The second-order valence-corrected chi connectivity index (χ2v) is 26.8. The highest BCUT2D eigenvalue weighted by Crippen LogP contribution is 2.43. The van der Waals surface area contributed by atoms with Gasteiger partial charge in [0.25, 0.3) is 0 Å². The van der Waals surface area contributed by atoms with E-state index in [2.05, 4.69) is 19.3 Å². The normalized spacial score (nSPS) is 29.8.